The van der Waals surface area contributed by atoms with E-state index in [9.17, 15) is 9.59 Å². The van der Waals surface area contributed by atoms with Crippen molar-refractivity contribution in [1.29, 1.82) is 0 Å². The number of methoxy groups -OCH3 is 1. The highest BCUT2D eigenvalue weighted by molar-refractivity contribution is 9.10. The highest BCUT2D eigenvalue weighted by atomic mass is 79.9. The number of allylic oxidation sites excluding steroid dienone is 1. The molecule has 0 atom stereocenters. The fourth-order valence-corrected chi connectivity index (χ4v) is 4.88. The summed E-state index contributed by atoms with van der Waals surface area (Å²) in [5.41, 5.74) is 4.24. The Morgan fingerprint density at radius 2 is 1.79 bits per heavy atom. The number of carbonyl (C=O) groups is 2. The van der Waals surface area contributed by atoms with Crippen molar-refractivity contribution in [3.63, 3.8) is 0 Å². The van der Waals surface area contributed by atoms with Crippen LogP contribution in [0, 0.1) is 6.92 Å². The molecule has 5 nitrogen and oxygen atoms in total. The summed E-state index contributed by atoms with van der Waals surface area (Å²) in [5.74, 6) is -0.499. The van der Waals surface area contributed by atoms with Gasteiger partial charge in [0, 0.05) is 14.9 Å². The second-order valence-corrected chi connectivity index (χ2v) is 10.4. The molecule has 2 N–H and O–H groups in total. The third-order valence-corrected chi connectivity index (χ3v) is 6.89. The average Bonchev–Trinajstić information content (AvgIpc) is 3.08. The molecule has 172 valence electrons. The number of carbonyl (C=O) groups excluding carboxylic acids is 2. The van der Waals surface area contributed by atoms with E-state index in [-0.39, 0.29) is 0 Å². The van der Waals surface area contributed by atoms with Gasteiger partial charge >= 0.3 is 12.0 Å². The predicted molar refractivity (Wildman–Crippen MR) is 140 cm³/mol. The lowest BCUT2D eigenvalue weighted by Crippen LogP contribution is -2.43. The monoisotopic (exact) mass is 526 g/mol. The van der Waals surface area contributed by atoms with Crippen LogP contribution in [-0.4, -0.2) is 19.1 Å². The summed E-state index contributed by atoms with van der Waals surface area (Å²) in [6.45, 7) is 11.7. The first-order chi connectivity index (χ1) is 15.5. The van der Waals surface area contributed by atoms with E-state index < -0.39 is 17.5 Å². The molecule has 3 rings (SSSR count). The molecule has 0 unspecified atom stereocenters. The Balaban J connectivity index is 1.91. The fourth-order valence-electron chi connectivity index (χ4n) is 3.56. The van der Waals surface area contributed by atoms with Crippen LogP contribution in [-0.2, 0) is 10.3 Å². The van der Waals surface area contributed by atoms with E-state index in [2.05, 4.69) is 33.1 Å². The van der Waals surface area contributed by atoms with Crippen molar-refractivity contribution in [3.8, 4) is 11.1 Å². The molecular weight excluding hydrogens is 500 g/mol. The van der Waals surface area contributed by atoms with Gasteiger partial charge in [0.05, 0.1) is 12.6 Å². The smallest absolute Gasteiger partial charge is 0.341 e. The van der Waals surface area contributed by atoms with Gasteiger partial charge in [-0.3, -0.25) is 5.32 Å². The highest BCUT2D eigenvalue weighted by Crippen LogP contribution is 2.40. The molecule has 3 aromatic rings. The highest BCUT2D eigenvalue weighted by Gasteiger charge is 2.28. The zero-order valence-corrected chi connectivity index (χ0v) is 21.7. The van der Waals surface area contributed by atoms with Crippen LogP contribution in [0.3, 0.4) is 0 Å². The van der Waals surface area contributed by atoms with Gasteiger partial charge in [0.1, 0.15) is 10.6 Å². The number of hydrogen-bond acceptors (Lipinski definition) is 4. The number of ether oxygens (including phenoxy) is 1. The first kappa shape index (κ1) is 24.7. The van der Waals surface area contributed by atoms with Crippen molar-refractivity contribution in [2.75, 3.05) is 12.4 Å². The topological polar surface area (TPSA) is 67.4 Å². The first-order valence-corrected chi connectivity index (χ1v) is 12.0. The maximum atomic E-state index is 13.0. The van der Waals surface area contributed by atoms with Crippen molar-refractivity contribution in [1.82, 2.24) is 5.32 Å². The first-order valence-electron chi connectivity index (χ1n) is 10.4. The molecule has 0 radical (unpaired) electrons. The standard InChI is InChI=1S/C26H27BrN2O3S/c1-15(2)18-8-7-9-19(14-18)26(4,5)29-25(31)28-23-22(24(30)32-6)21(16(3)33-23)17-10-12-20(27)13-11-17/h7-14H,1H2,2-6H3,(H2,28,29,31). The summed E-state index contributed by atoms with van der Waals surface area (Å²) in [5, 5.41) is 6.33. The number of nitrogens with one attached hydrogen (secondary N) is 2. The summed E-state index contributed by atoms with van der Waals surface area (Å²) in [7, 11) is 1.34. The molecule has 1 aromatic heterocycles. The van der Waals surface area contributed by atoms with Crippen LogP contribution in [0.25, 0.3) is 16.7 Å². The van der Waals surface area contributed by atoms with Crippen LogP contribution in [0.2, 0.25) is 0 Å². The minimum Gasteiger partial charge on any atom is -0.465 e. The molecule has 0 saturated carbocycles. The molecule has 2 amide bonds. The average molecular weight is 527 g/mol. The van der Waals surface area contributed by atoms with Gasteiger partial charge in [0.2, 0.25) is 0 Å². The Hall–Kier alpha value is -2.90. The minimum absolute atomic E-state index is 0.347. The Labute approximate surface area is 207 Å². The minimum atomic E-state index is -0.651. The summed E-state index contributed by atoms with van der Waals surface area (Å²) < 4.78 is 5.98. The van der Waals surface area contributed by atoms with Crippen molar-refractivity contribution >= 4 is 49.8 Å². The van der Waals surface area contributed by atoms with Gasteiger partial charge in [0.25, 0.3) is 0 Å². The summed E-state index contributed by atoms with van der Waals surface area (Å²) in [4.78, 5) is 26.6. The maximum absolute atomic E-state index is 13.0. The Kier molecular flexibility index (Phi) is 7.44. The second kappa shape index (κ2) is 9.93. The molecule has 0 bridgehead atoms. The van der Waals surface area contributed by atoms with Crippen LogP contribution < -0.4 is 10.6 Å². The van der Waals surface area contributed by atoms with Crippen LogP contribution in [0.1, 0.15) is 47.1 Å². The van der Waals surface area contributed by atoms with E-state index in [4.69, 9.17) is 4.74 Å². The predicted octanol–water partition coefficient (Wildman–Crippen LogP) is 7.36. The van der Waals surface area contributed by atoms with Crippen molar-refractivity contribution < 1.29 is 14.3 Å². The van der Waals surface area contributed by atoms with Gasteiger partial charge in [-0.1, -0.05) is 58.4 Å². The summed E-state index contributed by atoms with van der Waals surface area (Å²) >= 11 is 4.78. The van der Waals surface area contributed by atoms with Crippen LogP contribution in [0.4, 0.5) is 9.80 Å². The van der Waals surface area contributed by atoms with Crippen LogP contribution >= 0.6 is 27.3 Å². The maximum Gasteiger partial charge on any atom is 0.341 e. The molecule has 0 aliphatic carbocycles. The number of rotatable bonds is 6. The lowest BCUT2D eigenvalue weighted by molar-refractivity contribution is 0.0603. The molecule has 0 aliphatic heterocycles. The van der Waals surface area contributed by atoms with E-state index >= 15 is 0 Å². The number of thiophene rings is 1. The van der Waals surface area contributed by atoms with Gasteiger partial charge < -0.3 is 10.1 Å². The number of esters is 1. The Morgan fingerprint density at radius 3 is 2.39 bits per heavy atom. The quantitative estimate of drug-likeness (QED) is 0.329. The van der Waals surface area contributed by atoms with Gasteiger partial charge in [-0.15, -0.1) is 11.3 Å². The Morgan fingerprint density at radius 1 is 1.12 bits per heavy atom. The zero-order valence-electron chi connectivity index (χ0n) is 19.3. The third kappa shape index (κ3) is 5.54. The molecule has 0 spiro atoms. The molecule has 7 heteroatoms. The van der Waals surface area contributed by atoms with E-state index in [1.165, 1.54) is 18.4 Å². The van der Waals surface area contributed by atoms with Crippen molar-refractivity contribution in [3.05, 3.63) is 81.2 Å². The van der Waals surface area contributed by atoms with Gasteiger partial charge in [-0.05, 0) is 62.6 Å². The zero-order chi connectivity index (χ0) is 24.3. The van der Waals surface area contributed by atoms with E-state index in [0.29, 0.717) is 10.6 Å². The SMILES string of the molecule is C=C(C)c1cccc(C(C)(C)NC(=O)Nc2sc(C)c(-c3ccc(Br)cc3)c2C(=O)OC)c1. The third-order valence-electron chi connectivity index (χ3n) is 5.34. The number of halogens is 1. The van der Waals surface area contributed by atoms with Crippen LogP contribution in [0.5, 0.6) is 0 Å². The molecule has 2 aromatic carbocycles. The largest absolute Gasteiger partial charge is 0.465 e. The molecular formula is C26H27BrN2O3S. The van der Waals surface area contributed by atoms with E-state index in [1.54, 1.807) is 0 Å². The normalized spacial score (nSPS) is 11.1. The second-order valence-electron chi connectivity index (χ2n) is 8.30. The molecule has 0 fully saturated rings. The molecule has 0 saturated heterocycles. The van der Waals surface area contributed by atoms with Crippen molar-refractivity contribution in [2.45, 2.75) is 33.2 Å². The number of amides is 2. The number of hydrogen-bond donors (Lipinski definition) is 2. The van der Waals surface area contributed by atoms with E-state index in [0.717, 1.165) is 37.2 Å². The number of benzene rings is 2. The number of aryl methyl sites for hydroxylation is 1. The van der Waals surface area contributed by atoms with E-state index in [1.807, 2.05) is 76.2 Å². The van der Waals surface area contributed by atoms with Gasteiger partial charge in [-0.2, -0.15) is 0 Å². The summed E-state index contributed by atoms with van der Waals surface area (Å²) in [6.07, 6.45) is 0. The summed E-state index contributed by atoms with van der Waals surface area (Å²) in [6, 6.07) is 15.2. The molecule has 0 aliphatic rings. The lowest BCUT2D eigenvalue weighted by Gasteiger charge is -2.27. The van der Waals surface area contributed by atoms with Gasteiger partial charge in [-0.25, -0.2) is 9.59 Å². The molecule has 1 heterocycles. The van der Waals surface area contributed by atoms with Gasteiger partial charge in [0.15, 0.2) is 0 Å². The Bertz CT molecular complexity index is 1210. The lowest BCUT2D eigenvalue weighted by atomic mass is 9.92. The fraction of sp³-hybridized carbons (Fsp3) is 0.231. The van der Waals surface area contributed by atoms with Crippen molar-refractivity contribution in [2.24, 2.45) is 0 Å². The van der Waals surface area contributed by atoms with Crippen LogP contribution in [0.15, 0.2) is 59.6 Å². The molecule has 33 heavy (non-hydrogen) atoms. The number of urea groups is 1. The number of anilines is 1.